The fourth-order valence-corrected chi connectivity index (χ4v) is 2.51. The minimum Gasteiger partial charge on any atom is -0.398 e. The fraction of sp³-hybridized carbons (Fsp3) is 0.111. The second-order valence-electron chi connectivity index (χ2n) is 2.83. The molecule has 0 aliphatic rings. The summed E-state index contributed by atoms with van der Waals surface area (Å²) in [4.78, 5) is 0. The quantitative estimate of drug-likeness (QED) is 0.564. The molecule has 0 spiro atoms. The van der Waals surface area contributed by atoms with Crippen LogP contribution in [-0.4, -0.2) is 0 Å². The van der Waals surface area contributed by atoms with Crippen LogP contribution in [-0.2, 0) is 5.88 Å². The summed E-state index contributed by atoms with van der Waals surface area (Å²) in [5, 5.41) is 3.09. The van der Waals surface area contributed by atoms with Gasteiger partial charge in [-0.1, -0.05) is 0 Å². The molecular formula is C9H9ClN2S. The molecule has 0 unspecified atom stereocenters. The van der Waals surface area contributed by atoms with Gasteiger partial charge in [-0.25, -0.2) is 0 Å². The molecule has 2 nitrogen and oxygen atoms in total. The Hall–Kier alpha value is -0.930. The van der Waals surface area contributed by atoms with Gasteiger partial charge in [-0.15, -0.1) is 22.9 Å². The van der Waals surface area contributed by atoms with Crippen LogP contribution in [0.15, 0.2) is 17.5 Å². The number of rotatable bonds is 1. The number of anilines is 2. The second kappa shape index (κ2) is 3.09. The van der Waals surface area contributed by atoms with Crippen LogP contribution < -0.4 is 11.5 Å². The van der Waals surface area contributed by atoms with Crippen LogP contribution in [0.25, 0.3) is 10.1 Å². The van der Waals surface area contributed by atoms with Gasteiger partial charge in [0.05, 0.1) is 16.3 Å². The molecule has 1 aromatic carbocycles. The molecule has 0 atom stereocenters. The van der Waals surface area contributed by atoms with Gasteiger partial charge in [0.15, 0.2) is 0 Å². The average Bonchev–Trinajstić information content (AvgIpc) is 2.53. The highest BCUT2D eigenvalue weighted by Crippen LogP contribution is 2.34. The van der Waals surface area contributed by atoms with Crippen molar-refractivity contribution in [2.75, 3.05) is 11.5 Å². The third-order valence-electron chi connectivity index (χ3n) is 2.06. The standard InChI is InChI=1S/C9H9ClN2S/c10-4-6-7(11)3-5-1-2-13-9(5)8(6)12/h1-3H,4,11-12H2. The van der Waals surface area contributed by atoms with Gasteiger partial charge in [-0.3, -0.25) is 0 Å². The van der Waals surface area contributed by atoms with Crippen molar-refractivity contribution >= 4 is 44.4 Å². The zero-order valence-corrected chi connectivity index (χ0v) is 8.45. The molecule has 4 heteroatoms. The van der Waals surface area contributed by atoms with Crippen molar-refractivity contribution in [1.29, 1.82) is 0 Å². The van der Waals surface area contributed by atoms with Crippen molar-refractivity contribution in [2.45, 2.75) is 5.88 Å². The predicted molar refractivity (Wildman–Crippen MR) is 60.2 cm³/mol. The van der Waals surface area contributed by atoms with Gasteiger partial charge in [0.1, 0.15) is 0 Å². The summed E-state index contributed by atoms with van der Waals surface area (Å²) in [6.07, 6.45) is 0. The van der Waals surface area contributed by atoms with Gasteiger partial charge >= 0.3 is 0 Å². The predicted octanol–water partition coefficient (Wildman–Crippen LogP) is 2.80. The minimum absolute atomic E-state index is 0.367. The number of nitrogens with two attached hydrogens (primary N) is 2. The van der Waals surface area contributed by atoms with E-state index in [1.165, 1.54) is 0 Å². The van der Waals surface area contributed by atoms with Gasteiger partial charge in [-0.05, 0) is 22.9 Å². The van der Waals surface area contributed by atoms with Crippen molar-refractivity contribution in [3.8, 4) is 0 Å². The van der Waals surface area contributed by atoms with Crippen LogP contribution in [0, 0.1) is 0 Å². The topological polar surface area (TPSA) is 52.0 Å². The Morgan fingerprint density at radius 2 is 2.15 bits per heavy atom. The van der Waals surface area contributed by atoms with E-state index < -0.39 is 0 Å². The largest absolute Gasteiger partial charge is 0.398 e. The molecule has 0 saturated carbocycles. The molecule has 0 radical (unpaired) electrons. The summed E-state index contributed by atoms with van der Waals surface area (Å²) in [6, 6.07) is 3.92. The maximum atomic E-state index is 5.92. The lowest BCUT2D eigenvalue weighted by atomic mass is 10.1. The molecule has 1 heterocycles. The highest BCUT2D eigenvalue weighted by atomic mass is 35.5. The van der Waals surface area contributed by atoms with Crippen LogP contribution in [0.3, 0.4) is 0 Å². The van der Waals surface area contributed by atoms with Crippen molar-refractivity contribution < 1.29 is 0 Å². The number of nitrogen functional groups attached to an aromatic ring is 2. The number of thiophene rings is 1. The summed E-state index contributed by atoms with van der Waals surface area (Å²) < 4.78 is 1.07. The lowest BCUT2D eigenvalue weighted by Crippen LogP contribution is -1.98. The van der Waals surface area contributed by atoms with Gasteiger partial charge in [-0.2, -0.15) is 0 Å². The molecule has 13 heavy (non-hydrogen) atoms. The van der Waals surface area contributed by atoms with Crippen LogP contribution in [0.2, 0.25) is 0 Å². The monoisotopic (exact) mass is 212 g/mol. The van der Waals surface area contributed by atoms with E-state index in [0.29, 0.717) is 11.6 Å². The first kappa shape index (κ1) is 8.66. The Labute approximate surface area is 85.1 Å². The summed E-state index contributed by atoms with van der Waals surface area (Å²) in [5.41, 5.74) is 14.0. The molecule has 68 valence electrons. The van der Waals surface area contributed by atoms with Crippen molar-refractivity contribution in [3.63, 3.8) is 0 Å². The van der Waals surface area contributed by atoms with E-state index >= 15 is 0 Å². The summed E-state index contributed by atoms with van der Waals surface area (Å²) in [7, 11) is 0. The summed E-state index contributed by atoms with van der Waals surface area (Å²) in [5.74, 6) is 0.367. The first-order chi connectivity index (χ1) is 6.24. The number of hydrogen-bond donors (Lipinski definition) is 2. The molecule has 0 saturated heterocycles. The lowest BCUT2D eigenvalue weighted by Gasteiger charge is -2.06. The third kappa shape index (κ3) is 1.24. The average molecular weight is 213 g/mol. The van der Waals surface area contributed by atoms with E-state index in [1.807, 2.05) is 17.5 Å². The molecule has 2 aromatic rings. The molecule has 0 bridgehead atoms. The van der Waals surface area contributed by atoms with Crippen molar-refractivity contribution in [3.05, 3.63) is 23.1 Å². The SMILES string of the molecule is Nc1cc2ccsc2c(N)c1CCl. The van der Waals surface area contributed by atoms with Crippen LogP contribution in [0.1, 0.15) is 5.56 Å². The van der Waals surface area contributed by atoms with Gasteiger partial charge in [0, 0.05) is 11.3 Å². The minimum atomic E-state index is 0.367. The Balaban J connectivity index is 2.85. The van der Waals surface area contributed by atoms with Crippen molar-refractivity contribution in [1.82, 2.24) is 0 Å². The first-order valence-corrected chi connectivity index (χ1v) is 5.25. The number of benzene rings is 1. The normalized spacial score (nSPS) is 10.8. The molecule has 4 N–H and O–H groups in total. The molecule has 2 rings (SSSR count). The number of hydrogen-bond acceptors (Lipinski definition) is 3. The first-order valence-electron chi connectivity index (χ1n) is 3.84. The zero-order chi connectivity index (χ0) is 9.42. The summed E-state index contributed by atoms with van der Waals surface area (Å²) >= 11 is 7.36. The van der Waals surface area contributed by atoms with Gasteiger partial charge < -0.3 is 11.5 Å². The molecule has 0 aliphatic heterocycles. The maximum Gasteiger partial charge on any atom is 0.0577 e. The summed E-state index contributed by atoms with van der Waals surface area (Å²) in [6.45, 7) is 0. The van der Waals surface area contributed by atoms with Crippen LogP contribution in [0.4, 0.5) is 11.4 Å². The van der Waals surface area contributed by atoms with E-state index in [4.69, 9.17) is 23.1 Å². The Morgan fingerprint density at radius 1 is 1.38 bits per heavy atom. The van der Waals surface area contributed by atoms with Crippen molar-refractivity contribution in [2.24, 2.45) is 0 Å². The second-order valence-corrected chi connectivity index (χ2v) is 4.01. The molecule has 0 fully saturated rings. The van der Waals surface area contributed by atoms with Gasteiger partial charge in [0.25, 0.3) is 0 Å². The van der Waals surface area contributed by atoms with E-state index in [1.54, 1.807) is 11.3 Å². The molecule has 1 aromatic heterocycles. The fourth-order valence-electron chi connectivity index (χ4n) is 1.35. The van der Waals surface area contributed by atoms with Crippen LogP contribution >= 0.6 is 22.9 Å². The molecule has 0 amide bonds. The number of alkyl halides is 1. The lowest BCUT2D eigenvalue weighted by molar-refractivity contribution is 1.43. The molecular weight excluding hydrogens is 204 g/mol. The Morgan fingerprint density at radius 3 is 2.85 bits per heavy atom. The van der Waals surface area contributed by atoms with E-state index in [2.05, 4.69) is 0 Å². The van der Waals surface area contributed by atoms with E-state index in [9.17, 15) is 0 Å². The highest BCUT2D eigenvalue weighted by molar-refractivity contribution is 7.17. The Kier molecular flexibility index (Phi) is 2.06. The Bertz CT molecular complexity index is 450. The maximum absolute atomic E-state index is 5.92. The number of halogens is 1. The van der Waals surface area contributed by atoms with E-state index in [0.717, 1.165) is 21.3 Å². The third-order valence-corrected chi connectivity index (χ3v) is 3.29. The zero-order valence-electron chi connectivity index (χ0n) is 6.88. The van der Waals surface area contributed by atoms with Crippen LogP contribution in [0.5, 0.6) is 0 Å². The molecule has 0 aliphatic carbocycles. The van der Waals surface area contributed by atoms with E-state index in [-0.39, 0.29) is 0 Å². The number of fused-ring (bicyclic) bond motifs is 1. The van der Waals surface area contributed by atoms with Gasteiger partial charge in [0.2, 0.25) is 0 Å². The smallest absolute Gasteiger partial charge is 0.0577 e. The highest BCUT2D eigenvalue weighted by Gasteiger charge is 2.08.